The molecule has 1 atom stereocenters. The molecule has 0 fully saturated rings. The lowest BCUT2D eigenvalue weighted by Crippen LogP contribution is -2.19. The number of carbonyl (C=O) groups is 2. The van der Waals surface area contributed by atoms with Gasteiger partial charge < -0.3 is 10.6 Å². The van der Waals surface area contributed by atoms with Crippen LogP contribution < -0.4 is 10.6 Å². The third-order valence-corrected chi connectivity index (χ3v) is 7.23. The molecule has 0 aromatic heterocycles. The maximum atomic E-state index is 13.4. The first-order chi connectivity index (χ1) is 18.0. The van der Waals surface area contributed by atoms with Crippen LogP contribution in [-0.2, 0) is 4.79 Å². The van der Waals surface area contributed by atoms with Crippen LogP contribution in [0.2, 0.25) is 0 Å². The average molecular weight is 503 g/mol. The Morgan fingerprint density at radius 1 is 0.649 bits per heavy atom. The number of benzene rings is 5. The summed E-state index contributed by atoms with van der Waals surface area (Å²) >= 11 is 1.45. The number of rotatable bonds is 7. The van der Waals surface area contributed by atoms with E-state index in [1.807, 2.05) is 128 Å². The fourth-order valence-corrected chi connectivity index (χ4v) is 5.23. The van der Waals surface area contributed by atoms with Gasteiger partial charge in [0.15, 0.2) is 0 Å². The molecule has 0 radical (unpaired) electrons. The number of carbonyl (C=O) groups excluding carboxylic acids is 2. The van der Waals surface area contributed by atoms with Gasteiger partial charge in [-0.2, -0.15) is 0 Å². The van der Waals surface area contributed by atoms with Crippen LogP contribution in [0.5, 0.6) is 0 Å². The van der Waals surface area contributed by atoms with Gasteiger partial charge in [0, 0.05) is 21.8 Å². The van der Waals surface area contributed by atoms with E-state index in [1.165, 1.54) is 11.8 Å². The second kappa shape index (κ2) is 11.1. The summed E-state index contributed by atoms with van der Waals surface area (Å²) in [7, 11) is 0. The summed E-state index contributed by atoms with van der Waals surface area (Å²) < 4.78 is 0. The van der Waals surface area contributed by atoms with Gasteiger partial charge in [-0.05, 0) is 71.3 Å². The number of amides is 2. The summed E-state index contributed by atoms with van der Waals surface area (Å²) in [6, 6.07) is 38.7. The van der Waals surface area contributed by atoms with E-state index in [-0.39, 0.29) is 11.8 Å². The molecule has 0 saturated heterocycles. The molecule has 0 aliphatic rings. The molecule has 0 aliphatic heterocycles. The summed E-state index contributed by atoms with van der Waals surface area (Å²) in [6.45, 7) is 2.00. The highest BCUT2D eigenvalue weighted by atomic mass is 32.2. The van der Waals surface area contributed by atoms with Crippen molar-refractivity contribution >= 4 is 45.7 Å². The molecule has 0 bridgehead atoms. The lowest BCUT2D eigenvalue weighted by molar-refractivity contribution is -0.115. The normalized spacial score (nSPS) is 11.6. The lowest BCUT2D eigenvalue weighted by atomic mass is 10.1. The average Bonchev–Trinajstić information content (AvgIpc) is 2.92. The third-order valence-electron chi connectivity index (χ3n) is 5.98. The first kappa shape index (κ1) is 24.3. The van der Waals surface area contributed by atoms with Gasteiger partial charge >= 0.3 is 0 Å². The Morgan fingerprint density at radius 3 is 2.14 bits per heavy atom. The van der Waals surface area contributed by atoms with Crippen LogP contribution in [-0.4, -0.2) is 11.8 Å². The van der Waals surface area contributed by atoms with Crippen molar-refractivity contribution < 1.29 is 9.59 Å². The van der Waals surface area contributed by atoms with E-state index < -0.39 is 5.25 Å². The van der Waals surface area contributed by atoms with Gasteiger partial charge in [-0.15, -0.1) is 11.8 Å². The topological polar surface area (TPSA) is 58.2 Å². The zero-order chi connectivity index (χ0) is 25.6. The largest absolute Gasteiger partial charge is 0.325 e. The van der Waals surface area contributed by atoms with Crippen molar-refractivity contribution in [2.45, 2.75) is 17.1 Å². The fourth-order valence-electron chi connectivity index (χ4n) is 4.15. The second-order valence-electron chi connectivity index (χ2n) is 8.81. The van der Waals surface area contributed by atoms with Crippen molar-refractivity contribution in [3.05, 3.63) is 138 Å². The van der Waals surface area contributed by atoms with E-state index in [1.54, 1.807) is 0 Å². The van der Waals surface area contributed by atoms with Gasteiger partial charge in [0.05, 0.1) is 0 Å². The minimum absolute atomic E-state index is 0.104. The molecule has 1 unspecified atom stereocenters. The molecule has 0 heterocycles. The van der Waals surface area contributed by atoms with E-state index in [0.29, 0.717) is 11.3 Å². The molecule has 0 saturated carbocycles. The molecule has 5 aromatic rings. The Morgan fingerprint density at radius 2 is 1.35 bits per heavy atom. The fraction of sp³-hybridized carbons (Fsp3) is 0.0625. The Kier molecular flexibility index (Phi) is 7.33. The first-order valence-electron chi connectivity index (χ1n) is 12.0. The minimum atomic E-state index is -0.465. The molecule has 0 spiro atoms. The molecule has 5 heteroatoms. The Labute approximate surface area is 220 Å². The van der Waals surface area contributed by atoms with Crippen molar-refractivity contribution in [1.82, 2.24) is 0 Å². The van der Waals surface area contributed by atoms with E-state index in [9.17, 15) is 9.59 Å². The molecule has 2 N–H and O–H groups in total. The maximum absolute atomic E-state index is 13.4. The number of fused-ring (bicyclic) bond motifs is 1. The van der Waals surface area contributed by atoms with Gasteiger partial charge in [0.2, 0.25) is 5.91 Å². The van der Waals surface area contributed by atoms with Gasteiger partial charge in [-0.1, -0.05) is 78.9 Å². The van der Waals surface area contributed by atoms with Crippen LogP contribution in [0.15, 0.2) is 126 Å². The number of hydrogen-bond donors (Lipinski definition) is 2. The van der Waals surface area contributed by atoms with Crippen molar-refractivity contribution in [1.29, 1.82) is 0 Å². The molecule has 37 heavy (non-hydrogen) atoms. The Bertz CT molecular complexity index is 1570. The van der Waals surface area contributed by atoms with Gasteiger partial charge in [-0.3, -0.25) is 9.59 Å². The van der Waals surface area contributed by atoms with Gasteiger partial charge in [0.1, 0.15) is 5.25 Å². The maximum Gasteiger partial charge on any atom is 0.255 e. The quantitative estimate of drug-likeness (QED) is 0.223. The van der Waals surface area contributed by atoms with Crippen LogP contribution in [0.4, 0.5) is 11.4 Å². The van der Waals surface area contributed by atoms with E-state index in [0.717, 1.165) is 32.5 Å². The highest BCUT2D eigenvalue weighted by Crippen LogP contribution is 2.37. The molecular formula is C32H26N2O2S. The minimum Gasteiger partial charge on any atom is -0.325 e. The van der Waals surface area contributed by atoms with Crippen molar-refractivity contribution in [2.24, 2.45) is 0 Å². The van der Waals surface area contributed by atoms with E-state index >= 15 is 0 Å². The molecule has 4 nitrogen and oxygen atoms in total. The van der Waals surface area contributed by atoms with Crippen LogP contribution in [0, 0.1) is 6.92 Å². The first-order valence-corrected chi connectivity index (χ1v) is 12.9. The smallest absolute Gasteiger partial charge is 0.255 e. The highest BCUT2D eigenvalue weighted by Gasteiger charge is 2.22. The zero-order valence-corrected chi connectivity index (χ0v) is 21.2. The molecule has 182 valence electrons. The lowest BCUT2D eigenvalue weighted by Gasteiger charge is -2.18. The summed E-state index contributed by atoms with van der Waals surface area (Å²) in [4.78, 5) is 27.2. The van der Waals surface area contributed by atoms with Gasteiger partial charge in [0.25, 0.3) is 5.91 Å². The second-order valence-corrected chi connectivity index (χ2v) is 9.99. The zero-order valence-electron chi connectivity index (χ0n) is 20.3. The SMILES string of the molecule is Cc1cccc(NC(=O)C(Sc2cccc(NC(=O)c3ccc4ccccc4c3)c2)c2ccccc2)c1. The Hall–Kier alpha value is -4.35. The van der Waals surface area contributed by atoms with Crippen molar-refractivity contribution in [2.75, 3.05) is 10.6 Å². The van der Waals surface area contributed by atoms with Crippen LogP contribution >= 0.6 is 11.8 Å². The number of aryl methyl sites for hydroxylation is 1. The van der Waals surface area contributed by atoms with Gasteiger partial charge in [-0.25, -0.2) is 0 Å². The number of nitrogens with one attached hydrogen (secondary N) is 2. The number of thioether (sulfide) groups is 1. The standard InChI is InChI=1S/C32H26N2O2S/c1-22-9-7-14-27(19-22)34-32(36)30(24-11-3-2-4-12-24)37-29-16-8-15-28(21-29)33-31(35)26-18-17-23-10-5-6-13-25(23)20-26/h2-21,30H,1H3,(H,33,35)(H,34,36). The highest BCUT2D eigenvalue weighted by molar-refractivity contribution is 8.00. The molecular weight excluding hydrogens is 476 g/mol. The predicted octanol–water partition coefficient (Wildman–Crippen LogP) is 7.87. The summed E-state index contributed by atoms with van der Waals surface area (Å²) in [5.74, 6) is -0.280. The predicted molar refractivity (Wildman–Crippen MR) is 153 cm³/mol. The summed E-state index contributed by atoms with van der Waals surface area (Å²) in [5.41, 5.74) is 4.02. The Balaban J connectivity index is 1.35. The number of hydrogen-bond acceptors (Lipinski definition) is 3. The summed E-state index contributed by atoms with van der Waals surface area (Å²) in [5, 5.41) is 7.70. The van der Waals surface area contributed by atoms with E-state index in [2.05, 4.69) is 10.6 Å². The third kappa shape index (κ3) is 6.08. The van der Waals surface area contributed by atoms with Crippen LogP contribution in [0.25, 0.3) is 10.8 Å². The summed E-state index contributed by atoms with van der Waals surface area (Å²) in [6.07, 6.45) is 0. The van der Waals surface area contributed by atoms with E-state index in [4.69, 9.17) is 0 Å². The molecule has 5 aromatic carbocycles. The molecule has 5 rings (SSSR count). The van der Waals surface area contributed by atoms with Crippen LogP contribution in [0.1, 0.15) is 26.7 Å². The molecule has 2 amide bonds. The monoisotopic (exact) mass is 502 g/mol. The van der Waals surface area contributed by atoms with Crippen molar-refractivity contribution in [3.8, 4) is 0 Å². The molecule has 0 aliphatic carbocycles. The van der Waals surface area contributed by atoms with Crippen LogP contribution in [0.3, 0.4) is 0 Å². The van der Waals surface area contributed by atoms with Crippen molar-refractivity contribution in [3.63, 3.8) is 0 Å². The number of anilines is 2.